The molecule has 0 aliphatic heterocycles. The fourth-order valence-electron chi connectivity index (χ4n) is 3.47. The number of nitrogens with zero attached hydrogens (tertiary/aromatic N) is 5. The van der Waals surface area contributed by atoms with E-state index in [1.165, 1.54) is 0 Å². The summed E-state index contributed by atoms with van der Waals surface area (Å²) in [6, 6.07) is 4.72. The third kappa shape index (κ3) is 4.22. The molecule has 1 fully saturated rings. The number of fused-ring (bicyclic) bond motifs is 1. The van der Waals surface area contributed by atoms with Gasteiger partial charge in [-0.05, 0) is 43.7 Å². The summed E-state index contributed by atoms with van der Waals surface area (Å²) in [6.45, 7) is 5.15. The van der Waals surface area contributed by atoms with Crippen molar-refractivity contribution in [3.05, 3.63) is 30.7 Å². The maximum Gasteiger partial charge on any atom is 0.222 e. The van der Waals surface area contributed by atoms with Gasteiger partial charge >= 0.3 is 0 Å². The lowest BCUT2D eigenvalue weighted by Gasteiger charge is -2.27. The second-order valence-electron chi connectivity index (χ2n) is 7.96. The highest BCUT2D eigenvalue weighted by Crippen LogP contribution is 2.23. The minimum atomic E-state index is 0.340. The van der Waals surface area contributed by atoms with Gasteiger partial charge in [-0.3, -0.25) is 0 Å². The molecular formula is C20H28N8. The number of anilines is 2. The van der Waals surface area contributed by atoms with Gasteiger partial charge in [0.05, 0.1) is 11.9 Å². The van der Waals surface area contributed by atoms with E-state index in [2.05, 4.69) is 39.4 Å². The van der Waals surface area contributed by atoms with Crippen molar-refractivity contribution >= 4 is 17.4 Å². The van der Waals surface area contributed by atoms with Crippen LogP contribution in [0, 0.1) is 5.92 Å². The molecule has 0 saturated heterocycles. The molecule has 3 heterocycles. The first-order chi connectivity index (χ1) is 13.6. The highest BCUT2D eigenvalue weighted by Gasteiger charge is 2.19. The van der Waals surface area contributed by atoms with E-state index >= 15 is 0 Å². The van der Waals surface area contributed by atoms with E-state index in [4.69, 9.17) is 10.8 Å². The SMILES string of the molecule is CC(C)CNc1ncc(-c2cnc3ccc(N[C@H]4CC[C@H](N)CC4)nn23)cn1. The number of aromatic nitrogens is 5. The van der Waals surface area contributed by atoms with Crippen molar-refractivity contribution in [2.75, 3.05) is 17.2 Å². The summed E-state index contributed by atoms with van der Waals surface area (Å²) < 4.78 is 1.84. The molecule has 1 aliphatic carbocycles. The molecular weight excluding hydrogens is 352 g/mol. The highest BCUT2D eigenvalue weighted by atomic mass is 15.3. The molecule has 0 bridgehead atoms. The molecule has 0 amide bonds. The maximum absolute atomic E-state index is 6.01. The summed E-state index contributed by atoms with van der Waals surface area (Å²) in [6.07, 6.45) is 9.71. The molecule has 0 unspecified atom stereocenters. The van der Waals surface area contributed by atoms with Crippen LogP contribution in [0.1, 0.15) is 39.5 Å². The summed E-state index contributed by atoms with van der Waals surface area (Å²) in [4.78, 5) is 13.3. The maximum atomic E-state index is 6.01. The molecule has 1 saturated carbocycles. The Hall–Kier alpha value is -2.74. The summed E-state index contributed by atoms with van der Waals surface area (Å²) >= 11 is 0. The van der Waals surface area contributed by atoms with Gasteiger partial charge in [-0.2, -0.15) is 0 Å². The van der Waals surface area contributed by atoms with Gasteiger partial charge in [-0.1, -0.05) is 13.8 Å². The Kier molecular flexibility index (Phi) is 5.38. The van der Waals surface area contributed by atoms with Crippen LogP contribution in [-0.2, 0) is 0 Å². The minimum absolute atomic E-state index is 0.340. The fraction of sp³-hybridized carbons (Fsp3) is 0.500. The number of hydrogen-bond donors (Lipinski definition) is 3. The van der Waals surface area contributed by atoms with Crippen LogP contribution in [0.5, 0.6) is 0 Å². The standard InChI is InChI=1S/C20H28N8/c1-13(2)9-23-20-24-10-14(11-25-20)17-12-22-19-8-7-18(27-28(17)19)26-16-5-3-15(21)4-6-16/h7-8,10-13,15-16H,3-6,9,21H2,1-2H3,(H,26,27)(H,23,24,25)/t15-,16-. The van der Waals surface area contributed by atoms with Gasteiger partial charge in [0.1, 0.15) is 5.82 Å². The number of nitrogens with one attached hydrogen (secondary N) is 2. The molecule has 4 N–H and O–H groups in total. The van der Waals surface area contributed by atoms with Gasteiger partial charge in [0.2, 0.25) is 5.95 Å². The summed E-state index contributed by atoms with van der Waals surface area (Å²) in [5.41, 5.74) is 8.57. The van der Waals surface area contributed by atoms with E-state index in [0.29, 0.717) is 23.9 Å². The van der Waals surface area contributed by atoms with E-state index in [9.17, 15) is 0 Å². The van der Waals surface area contributed by atoms with Crippen LogP contribution in [-0.4, -0.2) is 43.2 Å². The van der Waals surface area contributed by atoms with Crippen molar-refractivity contribution in [2.24, 2.45) is 11.7 Å². The van der Waals surface area contributed by atoms with E-state index < -0.39 is 0 Å². The van der Waals surface area contributed by atoms with Crippen LogP contribution in [0.3, 0.4) is 0 Å². The highest BCUT2D eigenvalue weighted by molar-refractivity contribution is 5.62. The quantitative estimate of drug-likeness (QED) is 0.603. The van der Waals surface area contributed by atoms with Crippen molar-refractivity contribution in [2.45, 2.75) is 51.6 Å². The van der Waals surface area contributed by atoms with Crippen molar-refractivity contribution in [1.82, 2.24) is 24.6 Å². The molecule has 0 atom stereocenters. The average Bonchev–Trinajstić information content (AvgIpc) is 3.12. The lowest BCUT2D eigenvalue weighted by Crippen LogP contribution is -2.33. The van der Waals surface area contributed by atoms with Crippen LogP contribution in [0.2, 0.25) is 0 Å². The topological polar surface area (TPSA) is 106 Å². The van der Waals surface area contributed by atoms with Gasteiger partial charge in [-0.25, -0.2) is 19.5 Å². The molecule has 8 nitrogen and oxygen atoms in total. The Morgan fingerprint density at radius 1 is 1.07 bits per heavy atom. The van der Waals surface area contributed by atoms with Gasteiger partial charge < -0.3 is 16.4 Å². The molecule has 3 aromatic rings. The second kappa shape index (κ2) is 8.10. The fourth-order valence-corrected chi connectivity index (χ4v) is 3.47. The molecule has 3 aromatic heterocycles. The third-order valence-corrected chi connectivity index (χ3v) is 5.10. The zero-order valence-electron chi connectivity index (χ0n) is 16.5. The van der Waals surface area contributed by atoms with E-state index in [1.807, 2.05) is 35.2 Å². The molecule has 28 heavy (non-hydrogen) atoms. The minimum Gasteiger partial charge on any atom is -0.366 e. The zero-order valence-corrected chi connectivity index (χ0v) is 16.5. The van der Waals surface area contributed by atoms with Gasteiger partial charge in [0, 0.05) is 36.6 Å². The average molecular weight is 381 g/mol. The van der Waals surface area contributed by atoms with Crippen LogP contribution in [0.25, 0.3) is 16.9 Å². The monoisotopic (exact) mass is 380 g/mol. The molecule has 0 spiro atoms. The Bertz CT molecular complexity index is 910. The molecule has 4 rings (SSSR count). The van der Waals surface area contributed by atoms with Crippen LogP contribution in [0.15, 0.2) is 30.7 Å². The predicted molar refractivity (Wildman–Crippen MR) is 111 cm³/mol. The van der Waals surface area contributed by atoms with Crippen molar-refractivity contribution < 1.29 is 0 Å². The summed E-state index contributed by atoms with van der Waals surface area (Å²) in [5, 5.41) is 11.5. The zero-order chi connectivity index (χ0) is 19.5. The first-order valence-corrected chi connectivity index (χ1v) is 10.0. The van der Waals surface area contributed by atoms with Crippen molar-refractivity contribution in [3.8, 4) is 11.3 Å². The Labute approximate surface area is 165 Å². The Morgan fingerprint density at radius 3 is 2.54 bits per heavy atom. The van der Waals surface area contributed by atoms with Crippen molar-refractivity contribution in [3.63, 3.8) is 0 Å². The molecule has 0 aromatic carbocycles. The number of rotatable bonds is 6. The van der Waals surface area contributed by atoms with Crippen molar-refractivity contribution in [1.29, 1.82) is 0 Å². The van der Waals surface area contributed by atoms with Gasteiger partial charge in [0.15, 0.2) is 5.65 Å². The lowest BCUT2D eigenvalue weighted by atomic mass is 9.92. The summed E-state index contributed by atoms with van der Waals surface area (Å²) in [7, 11) is 0. The molecule has 0 radical (unpaired) electrons. The molecule has 1 aliphatic rings. The Morgan fingerprint density at radius 2 is 1.82 bits per heavy atom. The smallest absolute Gasteiger partial charge is 0.222 e. The molecule has 8 heteroatoms. The Balaban J connectivity index is 1.53. The number of hydrogen-bond acceptors (Lipinski definition) is 7. The number of imidazole rings is 1. The summed E-state index contributed by atoms with van der Waals surface area (Å²) in [5.74, 6) is 2.03. The first-order valence-electron chi connectivity index (χ1n) is 10.0. The first kappa shape index (κ1) is 18.6. The lowest BCUT2D eigenvalue weighted by molar-refractivity contribution is 0.410. The largest absolute Gasteiger partial charge is 0.366 e. The van der Waals surface area contributed by atoms with Crippen LogP contribution >= 0.6 is 0 Å². The van der Waals surface area contributed by atoms with Gasteiger partial charge in [0.25, 0.3) is 0 Å². The van der Waals surface area contributed by atoms with Crippen LogP contribution < -0.4 is 16.4 Å². The predicted octanol–water partition coefficient (Wildman–Crippen LogP) is 2.94. The number of nitrogens with two attached hydrogens (primary N) is 1. The van der Waals surface area contributed by atoms with E-state index in [1.54, 1.807) is 0 Å². The van der Waals surface area contributed by atoms with Gasteiger partial charge in [-0.15, -0.1) is 5.10 Å². The third-order valence-electron chi connectivity index (χ3n) is 5.10. The van der Waals surface area contributed by atoms with Crippen LogP contribution in [0.4, 0.5) is 11.8 Å². The molecule has 148 valence electrons. The normalized spacial score (nSPS) is 19.9. The second-order valence-corrected chi connectivity index (χ2v) is 7.96. The van der Waals surface area contributed by atoms with E-state index in [-0.39, 0.29) is 0 Å². The van der Waals surface area contributed by atoms with E-state index in [0.717, 1.165) is 55.0 Å².